The second kappa shape index (κ2) is 8.69. The van der Waals surface area contributed by atoms with E-state index in [0.717, 1.165) is 78.3 Å². The molecule has 6 nitrogen and oxygen atoms in total. The quantitative estimate of drug-likeness (QED) is 0.208. The highest BCUT2D eigenvalue weighted by molar-refractivity contribution is 6.15. The Balaban J connectivity index is 1.35. The van der Waals surface area contributed by atoms with E-state index in [9.17, 15) is 0 Å². The fraction of sp³-hybridized carbons (Fsp3) is 0. The molecule has 2 aliphatic rings. The van der Waals surface area contributed by atoms with Crippen LogP contribution in [-0.2, 0) is 0 Å². The van der Waals surface area contributed by atoms with Gasteiger partial charge in [0.1, 0.15) is 11.2 Å². The minimum atomic E-state index is 0.580. The molecular weight excluding hydrogens is 544 g/mol. The highest BCUT2D eigenvalue weighted by atomic mass is 16.5. The third-order valence-electron chi connectivity index (χ3n) is 8.56. The van der Waals surface area contributed by atoms with Crippen molar-refractivity contribution in [2.75, 3.05) is 4.90 Å². The van der Waals surface area contributed by atoms with Gasteiger partial charge in [0.05, 0.1) is 28.1 Å². The first-order chi connectivity index (χ1) is 21.8. The number of fused-ring (bicyclic) bond motifs is 9. The fourth-order valence-electron chi connectivity index (χ4n) is 6.69. The maximum atomic E-state index is 6.85. The van der Waals surface area contributed by atoms with Crippen LogP contribution in [0.1, 0.15) is 0 Å². The van der Waals surface area contributed by atoms with Crippen molar-refractivity contribution in [3.8, 4) is 40.2 Å². The van der Waals surface area contributed by atoms with Gasteiger partial charge in [-0.2, -0.15) is 0 Å². The van der Waals surface area contributed by atoms with E-state index in [0.29, 0.717) is 11.7 Å². The Morgan fingerprint density at radius 1 is 0.523 bits per heavy atom. The number of hydrogen-bond acceptors (Lipinski definition) is 5. The molecule has 0 aliphatic carbocycles. The minimum Gasteiger partial charge on any atom is -0.453 e. The van der Waals surface area contributed by atoms with Crippen molar-refractivity contribution in [3.63, 3.8) is 0 Å². The second-order valence-electron chi connectivity index (χ2n) is 11.0. The summed E-state index contributed by atoms with van der Waals surface area (Å²) < 4.78 is 15.6. The van der Waals surface area contributed by atoms with Gasteiger partial charge in [-0.15, -0.1) is 0 Å². The van der Waals surface area contributed by atoms with Crippen LogP contribution >= 0.6 is 0 Å². The molecule has 2 aromatic heterocycles. The van der Waals surface area contributed by atoms with E-state index < -0.39 is 0 Å². The summed E-state index contributed by atoms with van der Waals surface area (Å²) in [5.41, 5.74) is 7.47. The van der Waals surface area contributed by atoms with Crippen LogP contribution in [0.3, 0.4) is 0 Å². The largest absolute Gasteiger partial charge is 0.453 e. The lowest BCUT2D eigenvalue weighted by Gasteiger charge is -2.38. The summed E-state index contributed by atoms with van der Waals surface area (Å²) in [6, 6.07) is 45.3. The molecule has 0 fully saturated rings. The Morgan fingerprint density at radius 2 is 1.18 bits per heavy atom. The monoisotopic (exact) mass is 566 g/mol. The molecule has 0 atom stereocenters. The van der Waals surface area contributed by atoms with E-state index in [-0.39, 0.29) is 0 Å². The lowest BCUT2D eigenvalue weighted by Crippen LogP contribution is -2.20. The zero-order valence-corrected chi connectivity index (χ0v) is 23.3. The van der Waals surface area contributed by atoms with Crippen molar-refractivity contribution in [1.29, 1.82) is 0 Å². The summed E-state index contributed by atoms with van der Waals surface area (Å²) in [4.78, 5) is 12.7. The molecule has 0 saturated heterocycles. The van der Waals surface area contributed by atoms with Crippen LogP contribution < -0.4 is 14.4 Å². The maximum Gasteiger partial charge on any atom is 0.235 e. The van der Waals surface area contributed by atoms with E-state index in [1.807, 2.05) is 72.8 Å². The van der Waals surface area contributed by atoms with Gasteiger partial charge in [-0.25, -0.2) is 9.97 Å². The van der Waals surface area contributed by atoms with Crippen LogP contribution in [0.5, 0.6) is 23.0 Å². The van der Waals surface area contributed by atoms with Gasteiger partial charge >= 0.3 is 0 Å². The van der Waals surface area contributed by atoms with Gasteiger partial charge in [0, 0.05) is 21.7 Å². The first-order valence-corrected chi connectivity index (χ1v) is 14.6. The molecule has 6 heteroatoms. The number of ether oxygens (including phenoxy) is 2. The predicted octanol–water partition coefficient (Wildman–Crippen LogP) is 10.1. The van der Waals surface area contributed by atoms with Crippen molar-refractivity contribution in [1.82, 2.24) is 14.5 Å². The van der Waals surface area contributed by atoms with E-state index >= 15 is 0 Å². The van der Waals surface area contributed by atoms with Gasteiger partial charge in [0.2, 0.25) is 5.95 Å². The zero-order chi connectivity index (χ0) is 28.8. The van der Waals surface area contributed by atoms with Crippen molar-refractivity contribution < 1.29 is 9.47 Å². The van der Waals surface area contributed by atoms with Gasteiger partial charge < -0.3 is 9.47 Å². The van der Waals surface area contributed by atoms with Crippen molar-refractivity contribution >= 4 is 49.8 Å². The van der Waals surface area contributed by atoms with E-state index in [1.54, 1.807) is 0 Å². The third kappa shape index (κ3) is 3.14. The maximum absolute atomic E-state index is 6.85. The normalized spacial score (nSPS) is 12.9. The minimum absolute atomic E-state index is 0.580. The fourth-order valence-corrected chi connectivity index (χ4v) is 6.69. The number of nitrogens with zero attached hydrogens (tertiary/aromatic N) is 4. The van der Waals surface area contributed by atoms with Crippen LogP contribution in [0.15, 0.2) is 133 Å². The Bertz CT molecular complexity index is 2460. The van der Waals surface area contributed by atoms with Crippen LogP contribution in [-0.4, -0.2) is 14.5 Å². The smallest absolute Gasteiger partial charge is 0.235 e. The third-order valence-corrected chi connectivity index (χ3v) is 8.56. The molecule has 0 unspecified atom stereocenters. The Morgan fingerprint density at radius 3 is 2.00 bits per heavy atom. The predicted molar refractivity (Wildman–Crippen MR) is 174 cm³/mol. The van der Waals surface area contributed by atoms with Crippen molar-refractivity contribution in [2.24, 2.45) is 0 Å². The highest BCUT2D eigenvalue weighted by Gasteiger charge is 2.37. The zero-order valence-electron chi connectivity index (χ0n) is 23.3. The molecule has 6 aromatic carbocycles. The number of aromatic nitrogens is 3. The van der Waals surface area contributed by atoms with Crippen molar-refractivity contribution in [3.05, 3.63) is 133 Å². The average molecular weight is 567 g/mol. The van der Waals surface area contributed by atoms with Crippen molar-refractivity contribution in [2.45, 2.75) is 0 Å². The molecule has 44 heavy (non-hydrogen) atoms. The Labute approximate surface area is 252 Å². The van der Waals surface area contributed by atoms with Gasteiger partial charge in [-0.1, -0.05) is 91.0 Å². The lowest BCUT2D eigenvalue weighted by molar-refractivity contribution is 0.449. The molecular formula is C38H22N4O2. The average Bonchev–Trinajstić information content (AvgIpc) is 3.42. The molecule has 0 amide bonds. The van der Waals surface area contributed by atoms with Gasteiger partial charge in [-0.05, 0) is 42.5 Å². The SMILES string of the molecule is c1ccc(-c2nc(-n3c4ccccc4c4cc5c6c(c43)Oc3ccccc3N6c3ccccc3O5)nc3ccccc23)cc1. The summed E-state index contributed by atoms with van der Waals surface area (Å²) in [7, 11) is 0. The van der Waals surface area contributed by atoms with E-state index in [4.69, 9.17) is 19.4 Å². The molecule has 2 aliphatic heterocycles. The lowest BCUT2D eigenvalue weighted by atomic mass is 10.0. The molecule has 0 spiro atoms. The molecule has 0 saturated carbocycles. The topological polar surface area (TPSA) is 52.4 Å². The van der Waals surface area contributed by atoms with Crippen LogP contribution in [0.25, 0.3) is 49.9 Å². The number of benzene rings is 6. The van der Waals surface area contributed by atoms with E-state index in [2.05, 4.69) is 70.1 Å². The molecule has 4 heterocycles. The summed E-state index contributed by atoms with van der Waals surface area (Å²) in [5.74, 6) is 3.61. The number of rotatable bonds is 2. The number of anilines is 3. The first-order valence-electron chi connectivity index (χ1n) is 14.6. The summed E-state index contributed by atoms with van der Waals surface area (Å²) in [5, 5.41) is 3.07. The second-order valence-corrected chi connectivity index (χ2v) is 11.0. The standard InChI is InChI=1S/C38H22N4O2/c1-2-12-23(13-3-1)34-25-15-4-6-16-27(25)39-38(40-34)42-28-17-7-5-14-24(28)26-22-33-36-37(35(26)42)44-32-21-11-9-19-30(32)41(36)29-18-8-10-20-31(29)43-33/h1-22H. The number of para-hydroxylation sites is 6. The summed E-state index contributed by atoms with van der Waals surface area (Å²) >= 11 is 0. The summed E-state index contributed by atoms with van der Waals surface area (Å²) in [6.45, 7) is 0. The molecule has 10 rings (SSSR count). The number of hydrogen-bond donors (Lipinski definition) is 0. The molecule has 0 radical (unpaired) electrons. The summed E-state index contributed by atoms with van der Waals surface area (Å²) in [6.07, 6.45) is 0. The van der Waals surface area contributed by atoms with E-state index in [1.165, 1.54) is 0 Å². The molecule has 0 N–H and O–H groups in total. The molecule has 206 valence electrons. The molecule has 8 aromatic rings. The Kier molecular flexibility index (Phi) is 4.63. The van der Waals surface area contributed by atoms with Gasteiger partial charge in [0.25, 0.3) is 0 Å². The first kappa shape index (κ1) is 23.4. The van der Waals surface area contributed by atoms with Crippen LogP contribution in [0.2, 0.25) is 0 Å². The highest BCUT2D eigenvalue weighted by Crippen LogP contribution is 2.62. The van der Waals surface area contributed by atoms with Gasteiger partial charge in [0.15, 0.2) is 23.0 Å². The van der Waals surface area contributed by atoms with Crippen LogP contribution in [0.4, 0.5) is 17.1 Å². The van der Waals surface area contributed by atoms with Gasteiger partial charge in [-0.3, -0.25) is 9.47 Å². The van der Waals surface area contributed by atoms with Crippen LogP contribution in [0, 0.1) is 0 Å². The molecule has 0 bridgehead atoms. The Hall–Kier alpha value is -6.14.